The molecule has 0 saturated heterocycles. The minimum Gasteiger partial charge on any atom is -0.271 e. The van der Waals surface area contributed by atoms with E-state index >= 15 is 0 Å². The highest BCUT2D eigenvalue weighted by Gasteiger charge is 2.56. The molecular formula is C17H24N2. The molecule has 2 nitrogen and oxygen atoms in total. The SMILES string of the molecule is NNC(C1CC2CCC1C2)C1(c2ccccc2)CC1. The zero-order valence-corrected chi connectivity index (χ0v) is 11.5. The van der Waals surface area contributed by atoms with Gasteiger partial charge in [0, 0.05) is 11.5 Å². The molecule has 0 aromatic heterocycles. The van der Waals surface area contributed by atoms with E-state index in [1.54, 1.807) is 0 Å². The molecule has 0 radical (unpaired) electrons. The second kappa shape index (κ2) is 4.32. The molecule has 4 atom stereocenters. The molecule has 2 bridgehead atoms. The van der Waals surface area contributed by atoms with Crippen LogP contribution in [0.5, 0.6) is 0 Å². The molecule has 3 aliphatic rings. The average Bonchev–Trinajstić information content (AvgIpc) is 2.98. The van der Waals surface area contributed by atoms with Crippen LogP contribution in [0, 0.1) is 17.8 Å². The van der Waals surface area contributed by atoms with Gasteiger partial charge < -0.3 is 0 Å². The van der Waals surface area contributed by atoms with Crippen LogP contribution in [-0.2, 0) is 5.41 Å². The molecule has 4 rings (SSSR count). The lowest BCUT2D eigenvalue weighted by Crippen LogP contribution is -2.50. The van der Waals surface area contributed by atoms with E-state index in [4.69, 9.17) is 5.84 Å². The van der Waals surface area contributed by atoms with Crippen LogP contribution >= 0.6 is 0 Å². The molecule has 0 spiro atoms. The lowest BCUT2D eigenvalue weighted by atomic mass is 9.74. The quantitative estimate of drug-likeness (QED) is 0.642. The average molecular weight is 256 g/mol. The number of hydrogen-bond acceptors (Lipinski definition) is 2. The van der Waals surface area contributed by atoms with Crippen LogP contribution in [-0.4, -0.2) is 6.04 Å². The second-order valence-corrected chi connectivity index (χ2v) is 7.01. The van der Waals surface area contributed by atoms with Crippen molar-refractivity contribution in [2.24, 2.45) is 23.6 Å². The minimum absolute atomic E-state index is 0.338. The van der Waals surface area contributed by atoms with E-state index in [0.29, 0.717) is 11.5 Å². The van der Waals surface area contributed by atoms with Crippen molar-refractivity contribution in [2.75, 3.05) is 0 Å². The van der Waals surface area contributed by atoms with Crippen LogP contribution in [0.25, 0.3) is 0 Å². The van der Waals surface area contributed by atoms with Gasteiger partial charge in [-0.1, -0.05) is 36.8 Å². The molecule has 0 aliphatic heterocycles. The van der Waals surface area contributed by atoms with Crippen molar-refractivity contribution in [1.82, 2.24) is 5.43 Å². The minimum atomic E-state index is 0.338. The van der Waals surface area contributed by atoms with Gasteiger partial charge in [0.05, 0.1) is 0 Å². The van der Waals surface area contributed by atoms with Crippen LogP contribution in [0.15, 0.2) is 30.3 Å². The summed E-state index contributed by atoms with van der Waals surface area (Å²) >= 11 is 0. The Morgan fingerprint density at radius 3 is 2.42 bits per heavy atom. The summed E-state index contributed by atoms with van der Waals surface area (Å²) < 4.78 is 0. The molecule has 3 saturated carbocycles. The summed E-state index contributed by atoms with van der Waals surface area (Å²) in [5, 5.41) is 0. The highest BCUT2D eigenvalue weighted by atomic mass is 15.2. The number of hydrazine groups is 1. The van der Waals surface area contributed by atoms with Crippen molar-refractivity contribution in [1.29, 1.82) is 0 Å². The van der Waals surface area contributed by atoms with E-state index in [2.05, 4.69) is 35.8 Å². The summed E-state index contributed by atoms with van der Waals surface area (Å²) in [5.41, 5.74) is 5.07. The first kappa shape index (κ1) is 11.9. The first-order valence-corrected chi connectivity index (χ1v) is 7.85. The van der Waals surface area contributed by atoms with E-state index in [0.717, 1.165) is 17.8 Å². The Kier molecular flexibility index (Phi) is 2.71. The van der Waals surface area contributed by atoms with Crippen molar-refractivity contribution in [2.45, 2.75) is 50.0 Å². The first-order valence-electron chi connectivity index (χ1n) is 7.85. The van der Waals surface area contributed by atoms with E-state index in [1.807, 2.05) is 0 Å². The first-order chi connectivity index (χ1) is 9.33. The van der Waals surface area contributed by atoms with Gasteiger partial charge in [0.15, 0.2) is 0 Å². The Balaban J connectivity index is 1.63. The monoisotopic (exact) mass is 256 g/mol. The Morgan fingerprint density at radius 2 is 1.89 bits per heavy atom. The highest BCUT2D eigenvalue weighted by Crippen LogP contribution is 2.58. The summed E-state index contributed by atoms with van der Waals surface area (Å²) in [6.45, 7) is 0. The molecule has 1 aromatic rings. The fourth-order valence-electron chi connectivity index (χ4n) is 5.08. The largest absolute Gasteiger partial charge is 0.271 e. The predicted molar refractivity (Wildman–Crippen MR) is 77.4 cm³/mol. The van der Waals surface area contributed by atoms with Gasteiger partial charge in [-0.3, -0.25) is 11.3 Å². The third-order valence-corrected chi connectivity index (χ3v) is 6.13. The number of nitrogens with two attached hydrogens (primary N) is 1. The van der Waals surface area contributed by atoms with Crippen LogP contribution in [0.3, 0.4) is 0 Å². The molecule has 1 aromatic carbocycles. The van der Waals surface area contributed by atoms with Gasteiger partial charge in [0.1, 0.15) is 0 Å². The van der Waals surface area contributed by atoms with Crippen molar-refractivity contribution >= 4 is 0 Å². The zero-order chi connectivity index (χ0) is 12.9. The molecule has 2 heteroatoms. The molecule has 3 fully saturated rings. The maximum atomic E-state index is 6.00. The maximum Gasteiger partial charge on any atom is 0.0338 e. The van der Waals surface area contributed by atoms with Gasteiger partial charge in [-0.2, -0.15) is 0 Å². The van der Waals surface area contributed by atoms with Crippen LogP contribution in [0.4, 0.5) is 0 Å². The van der Waals surface area contributed by atoms with Gasteiger partial charge in [-0.25, -0.2) is 0 Å². The van der Waals surface area contributed by atoms with Gasteiger partial charge in [0.2, 0.25) is 0 Å². The van der Waals surface area contributed by atoms with E-state index in [-0.39, 0.29) is 0 Å². The standard InChI is InChI=1S/C17H24N2/c18-19-16(15-11-12-6-7-13(15)10-12)17(8-9-17)14-4-2-1-3-5-14/h1-5,12-13,15-16,19H,6-11,18H2. The van der Waals surface area contributed by atoms with Gasteiger partial charge in [-0.15, -0.1) is 0 Å². The fourth-order valence-corrected chi connectivity index (χ4v) is 5.08. The summed E-state index contributed by atoms with van der Waals surface area (Å²) in [5.74, 6) is 8.74. The fraction of sp³-hybridized carbons (Fsp3) is 0.647. The second-order valence-electron chi connectivity index (χ2n) is 7.01. The summed E-state index contributed by atoms with van der Waals surface area (Å²) in [6.07, 6.45) is 8.40. The van der Waals surface area contributed by atoms with E-state index in [1.165, 1.54) is 44.1 Å². The molecule has 102 valence electrons. The lowest BCUT2D eigenvalue weighted by molar-refractivity contribution is 0.213. The van der Waals surface area contributed by atoms with Crippen molar-refractivity contribution < 1.29 is 0 Å². The summed E-state index contributed by atoms with van der Waals surface area (Å²) in [4.78, 5) is 0. The van der Waals surface area contributed by atoms with E-state index in [9.17, 15) is 0 Å². The molecule has 3 N–H and O–H groups in total. The predicted octanol–water partition coefficient (Wildman–Crippen LogP) is 2.99. The maximum absolute atomic E-state index is 6.00. The van der Waals surface area contributed by atoms with Crippen LogP contribution in [0.1, 0.15) is 44.1 Å². The Morgan fingerprint density at radius 1 is 1.11 bits per heavy atom. The van der Waals surface area contributed by atoms with Gasteiger partial charge >= 0.3 is 0 Å². The summed E-state index contributed by atoms with van der Waals surface area (Å²) in [6, 6.07) is 11.5. The van der Waals surface area contributed by atoms with Crippen molar-refractivity contribution in [3.8, 4) is 0 Å². The molecule has 0 amide bonds. The number of hydrogen-bond donors (Lipinski definition) is 2. The topological polar surface area (TPSA) is 38.0 Å². The molecule has 0 heterocycles. The molecular weight excluding hydrogens is 232 g/mol. The molecule has 3 aliphatic carbocycles. The third kappa shape index (κ3) is 1.77. The van der Waals surface area contributed by atoms with Crippen molar-refractivity contribution in [3.63, 3.8) is 0 Å². The summed E-state index contributed by atoms with van der Waals surface area (Å²) in [7, 11) is 0. The normalized spacial score (nSPS) is 36.4. The lowest BCUT2D eigenvalue weighted by Gasteiger charge is -2.36. The number of benzene rings is 1. The smallest absolute Gasteiger partial charge is 0.0338 e. The van der Waals surface area contributed by atoms with Gasteiger partial charge in [-0.05, 0) is 55.4 Å². The molecule has 19 heavy (non-hydrogen) atoms. The van der Waals surface area contributed by atoms with Crippen molar-refractivity contribution in [3.05, 3.63) is 35.9 Å². The van der Waals surface area contributed by atoms with Crippen LogP contribution < -0.4 is 11.3 Å². The van der Waals surface area contributed by atoms with E-state index < -0.39 is 0 Å². The number of rotatable bonds is 4. The Labute approximate surface area is 115 Å². The Hall–Kier alpha value is -0.860. The number of nitrogens with one attached hydrogen (secondary N) is 1. The molecule has 4 unspecified atom stereocenters. The third-order valence-electron chi connectivity index (χ3n) is 6.13. The highest BCUT2D eigenvalue weighted by molar-refractivity contribution is 5.34. The number of fused-ring (bicyclic) bond motifs is 2. The Bertz CT molecular complexity index is 452. The zero-order valence-electron chi connectivity index (χ0n) is 11.5. The van der Waals surface area contributed by atoms with Gasteiger partial charge in [0.25, 0.3) is 0 Å². The van der Waals surface area contributed by atoms with Crippen LogP contribution in [0.2, 0.25) is 0 Å².